The third kappa shape index (κ3) is 3.63. The Bertz CT molecular complexity index is 626. The summed E-state index contributed by atoms with van der Waals surface area (Å²) in [5.41, 5.74) is 0.594. The van der Waals surface area contributed by atoms with Crippen molar-refractivity contribution in [2.45, 2.75) is 6.92 Å². The maximum atomic E-state index is 12.1. The molecule has 0 aliphatic carbocycles. The number of benzene rings is 1. The molecule has 1 saturated heterocycles. The van der Waals surface area contributed by atoms with E-state index in [1.165, 1.54) is 18.2 Å². The number of nitrogens with zero attached hydrogens (tertiary/aromatic N) is 1. The first-order chi connectivity index (χ1) is 10.0. The number of rotatable bonds is 4. The van der Waals surface area contributed by atoms with Gasteiger partial charge < -0.3 is 9.84 Å². The number of imide groups is 1. The SMILES string of the molecule is CCOC(=O)CN1C(=O)SC(=Cc2cccc(O)c2)C1=O. The molecule has 0 aromatic heterocycles. The lowest BCUT2D eigenvalue weighted by atomic mass is 10.2. The van der Waals surface area contributed by atoms with Gasteiger partial charge in [0.15, 0.2) is 0 Å². The van der Waals surface area contributed by atoms with Crippen LogP contribution < -0.4 is 0 Å². The fourth-order valence-corrected chi connectivity index (χ4v) is 2.58. The number of carbonyl (C=O) groups excluding carboxylic acids is 3. The first-order valence-corrected chi connectivity index (χ1v) is 7.03. The van der Waals surface area contributed by atoms with Gasteiger partial charge in [0.2, 0.25) is 0 Å². The number of thioether (sulfide) groups is 1. The van der Waals surface area contributed by atoms with Crippen LogP contribution in [0.2, 0.25) is 0 Å². The van der Waals surface area contributed by atoms with Gasteiger partial charge >= 0.3 is 5.97 Å². The molecule has 1 heterocycles. The number of hydrogen-bond acceptors (Lipinski definition) is 6. The molecule has 0 atom stereocenters. The molecule has 21 heavy (non-hydrogen) atoms. The molecule has 1 N–H and O–H groups in total. The topological polar surface area (TPSA) is 83.9 Å². The largest absolute Gasteiger partial charge is 0.508 e. The summed E-state index contributed by atoms with van der Waals surface area (Å²) in [6, 6.07) is 6.30. The van der Waals surface area contributed by atoms with Crippen LogP contribution in [0.15, 0.2) is 29.2 Å². The van der Waals surface area contributed by atoms with E-state index in [0.29, 0.717) is 5.56 Å². The van der Waals surface area contributed by atoms with Crippen molar-refractivity contribution < 1.29 is 24.2 Å². The van der Waals surface area contributed by atoms with Gasteiger partial charge in [-0.1, -0.05) is 12.1 Å². The second kappa shape index (κ2) is 6.45. The van der Waals surface area contributed by atoms with Crippen LogP contribution in [-0.4, -0.2) is 40.3 Å². The Morgan fingerprint density at radius 2 is 2.19 bits per heavy atom. The highest BCUT2D eigenvalue weighted by atomic mass is 32.2. The van der Waals surface area contributed by atoms with Crippen molar-refractivity contribution in [3.05, 3.63) is 34.7 Å². The molecule has 1 aromatic rings. The Morgan fingerprint density at radius 3 is 2.86 bits per heavy atom. The molecule has 0 bridgehead atoms. The van der Waals surface area contributed by atoms with Crippen LogP contribution in [0, 0.1) is 0 Å². The lowest BCUT2D eigenvalue weighted by Crippen LogP contribution is -2.34. The Labute approximate surface area is 125 Å². The highest BCUT2D eigenvalue weighted by Crippen LogP contribution is 2.32. The van der Waals surface area contributed by atoms with E-state index in [0.717, 1.165) is 16.7 Å². The summed E-state index contributed by atoms with van der Waals surface area (Å²) in [6.07, 6.45) is 1.50. The van der Waals surface area contributed by atoms with Crippen LogP contribution in [0.4, 0.5) is 4.79 Å². The first-order valence-electron chi connectivity index (χ1n) is 6.21. The maximum absolute atomic E-state index is 12.1. The molecule has 0 radical (unpaired) electrons. The second-order valence-corrected chi connectivity index (χ2v) is 5.16. The van der Waals surface area contributed by atoms with Gasteiger partial charge in [0.25, 0.3) is 11.1 Å². The van der Waals surface area contributed by atoms with Crippen molar-refractivity contribution in [2.24, 2.45) is 0 Å². The summed E-state index contributed by atoms with van der Waals surface area (Å²) in [5, 5.41) is 8.86. The monoisotopic (exact) mass is 307 g/mol. The average molecular weight is 307 g/mol. The average Bonchev–Trinajstić information content (AvgIpc) is 2.67. The van der Waals surface area contributed by atoms with Crippen LogP contribution in [-0.2, 0) is 14.3 Å². The Hall–Kier alpha value is -2.28. The lowest BCUT2D eigenvalue weighted by molar-refractivity contribution is -0.145. The summed E-state index contributed by atoms with van der Waals surface area (Å²) in [5.74, 6) is -1.10. The molecule has 0 spiro atoms. The molecule has 110 valence electrons. The van der Waals surface area contributed by atoms with Gasteiger partial charge in [0, 0.05) is 0 Å². The predicted molar refractivity (Wildman–Crippen MR) is 77.4 cm³/mol. The molecule has 0 unspecified atom stereocenters. The number of carbonyl (C=O) groups is 3. The van der Waals surface area contributed by atoms with Crippen molar-refractivity contribution in [3.8, 4) is 5.75 Å². The van der Waals surface area contributed by atoms with E-state index in [4.69, 9.17) is 4.74 Å². The molecule has 1 fully saturated rings. The van der Waals surface area contributed by atoms with Crippen LogP contribution in [0.5, 0.6) is 5.75 Å². The van der Waals surface area contributed by atoms with E-state index in [1.54, 1.807) is 19.1 Å². The van der Waals surface area contributed by atoms with Gasteiger partial charge in [-0.05, 0) is 42.5 Å². The van der Waals surface area contributed by atoms with Crippen LogP contribution in [0.3, 0.4) is 0 Å². The van der Waals surface area contributed by atoms with Crippen LogP contribution >= 0.6 is 11.8 Å². The number of hydrogen-bond donors (Lipinski definition) is 1. The number of phenols is 1. The molecule has 6 nitrogen and oxygen atoms in total. The fraction of sp³-hybridized carbons (Fsp3) is 0.214. The quantitative estimate of drug-likeness (QED) is 0.676. The highest BCUT2D eigenvalue weighted by molar-refractivity contribution is 8.18. The van der Waals surface area contributed by atoms with Crippen molar-refractivity contribution in [3.63, 3.8) is 0 Å². The Balaban J connectivity index is 2.16. The van der Waals surface area contributed by atoms with Crippen molar-refractivity contribution >= 4 is 35.0 Å². The molecule has 1 aliphatic heterocycles. The van der Waals surface area contributed by atoms with E-state index < -0.39 is 23.7 Å². The number of phenolic OH excluding ortho intramolecular Hbond substituents is 1. The van der Waals surface area contributed by atoms with E-state index in [1.807, 2.05) is 0 Å². The van der Waals surface area contributed by atoms with Gasteiger partial charge in [-0.25, -0.2) is 0 Å². The third-order valence-corrected chi connectivity index (χ3v) is 3.54. The van der Waals surface area contributed by atoms with Crippen molar-refractivity contribution in [1.82, 2.24) is 4.90 Å². The first kappa shape index (κ1) is 15.1. The van der Waals surface area contributed by atoms with E-state index in [9.17, 15) is 19.5 Å². The summed E-state index contributed by atoms with van der Waals surface area (Å²) < 4.78 is 4.72. The van der Waals surface area contributed by atoms with Gasteiger partial charge in [-0.2, -0.15) is 0 Å². The zero-order valence-electron chi connectivity index (χ0n) is 11.2. The summed E-state index contributed by atoms with van der Waals surface area (Å²) in [6.45, 7) is 1.44. The van der Waals surface area contributed by atoms with Gasteiger partial charge in [-0.3, -0.25) is 19.3 Å². The minimum absolute atomic E-state index is 0.0644. The summed E-state index contributed by atoms with van der Waals surface area (Å²) in [4.78, 5) is 36.3. The minimum atomic E-state index is -0.626. The molecule has 2 amide bonds. The molecule has 7 heteroatoms. The second-order valence-electron chi connectivity index (χ2n) is 4.17. The molecule has 2 rings (SSSR count). The fourth-order valence-electron chi connectivity index (χ4n) is 1.74. The zero-order chi connectivity index (χ0) is 15.4. The van der Waals surface area contributed by atoms with Gasteiger partial charge in [0.1, 0.15) is 12.3 Å². The van der Waals surface area contributed by atoms with E-state index in [2.05, 4.69) is 0 Å². The number of esters is 1. The van der Waals surface area contributed by atoms with Gasteiger partial charge in [0.05, 0.1) is 11.5 Å². The summed E-state index contributed by atoms with van der Waals surface area (Å²) >= 11 is 0.752. The van der Waals surface area contributed by atoms with Gasteiger partial charge in [-0.15, -0.1) is 0 Å². The van der Waals surface area contributed by atoms with E-state index >= 15 is 0 Å². The Kier molecular flexibility index (Phi) is 4.64. The number of aromatic hydroxyl groups is 1. The molecular weight excluding hydrogens is 294 g/mol. The molecular formula is C14H13NO5S. The van der Waals surface area contributed by atoms with E-state index in [-0.39, 0.29) is 17.3 Å². The third-order valence-electron chi connectivity index (χ3n) is 2.63. The predicted octanol–water partition coefficient (Wildman–Crippen LogP) is 1.99. The normalized spacial score (nSPS) is 16.6. The minimum Gasteiger partial charge on any atom is -0.508 e. The lowest BCUT2D eigenvalue weighted by Gasteiger charge is -2.10. The van der Waals surface area contributed by atoms with Crippen LogP contribution in [0.25, 0.3) is 6.08 Å². The number of amides is 2. The molecule has 1 aliphatic rings. The smallest absolute Gasteiger partial charge is 0.326 e. The van der Waals surface area contributed by atoms with Crippen LogP contribution in [0.1, 0.15) is 12.5 Å². The summed E-state index contributed by atoms with van der Waals surface area (Å²) in [7, 11) is 0. The molecule has 0 saturated carbocycles. The Morgan fingerprint density at radius 1 is 1.43 bits per heavy atom. The van der Waals surface area contributed by atoms with Crippen molar-refractivity contribution in [1.29, 1.82) is 0 Å². The maximum Gasteiger partial charge on any atom is 0.326 e. The zero-order valence-corrected chi connectivity index (χ0v) is 12.1. The standard InChI is InChI=1S/C14H13NO5S/c1-2-20-12(17)8-15-13(18)11(21-14(15)19)7-9-4-3-5-10(16)6-9/h3-7,16H,2,8H2,1H3. The molecule has 1 aromatic carbocycles. The van der Waals surface area contributed by atoms with Crippen molar-refractivity contribution in [2.75, 3.05) is 13.2 Å². The number of ether oxygens (including phenoxy) is 1. The highest BCUT2D eigenvalue weighted by Gasteiger charge is 2.36.